The summed E-state index contributed by atoms with van der Waals surface area (Å²) in [5.41, 5.74) is 2.04. The quantitative estimate of drug-likeness (QED) is 0.866. The second-order valence-electron chi connectivity index (χ2n) is 6.86. The molecule has 0 aliphatic carbocycles. The van der Waals surface area contributed by atoms with Gasteiger partial charge in [-0.05, 0) is 43.4 Å². The molecule has 2 amide bonds. The maximum absolute atomic E-state index is 12.9. The topological polar surface area (TPSA) is 84.8 Å². The number of urea groups is 1. The van der Waals surface area contributed by atoms with Gasteiger partial charge in [-0.1, -0.05) is 19.1 Å². The molecule has 0 spiro atoms. The standard InChI is InChI=1S/C20H25N5O/c1-2-20(18-14-22-15-23-18,12-16-6-8-17(13-21)9-7-16)24-19(26)25-10-4-3-5-11-25/h6-9,14-15H,2-5,10-12H2,1H3,(H,22,23)(H,24,26)/t20-/m0/s1. The van der Waals surface area contributed by atoms with Gasteiger partial charge in [0.25, 0.3) is 0 Å². The molecule has 1 saturated heterocycles. The van der Waals surface area contributed by atoms with Crippen LogP contribution in [0.4, 0.5) is 4.79 Å². The lowest BCUT2D eigenvalue weighted by Gasteiger charge is -2.36. The molecular weight excluding hydrogens is 326 g/mol. The summed E-state index contributed by atoms with van der Waals surface area (Å²) in [7, 11) is 0. The number of nitriles is 1. The molecule has 1 aliphatic rings. The Morgan fingerprint density at radius 2 is 2.04 bits per heavy atom. The molecule has 6 nitrogen and oxygen atoms in total. The molecule has 1 aromatic heterocycles. The fourth-order valence-electron chi connectivity index (χ4n) is 3.55. The molecule has 136 valence electrons. The number of nitrogens with zero attached hydrogens (tertiary/aromatic N) is 3. The molecule has 0 unspecified atom stereocenters. The first-order valence-corrected chi connectivity index (χ1v) is 9.22. The Balaban J connectivity index is 1.86. The Morgan fingerprint density at radius 1 is 1.31 bits per heavy atom. The minimum atomic E-state index is -0.556. The van der Waals surface area contributed by atoms with Crippen molar-refractivity contribution in [1.29, 1.82) is 5.26 Å². The van der Waals surface area contributed by atoms with E-state index < -0.39 is 5.54 Å². The maximum Gasteiger partial charge on any atom is 0.318 e. The number of carbonyl (C=O) groups excluding carboxylic acids is 1. The number of likely N-dealkylation sites (tertiary alicyclic amines) is 1. The number of carbonyl (C=O) groups is 1. The second-order valence-corrected chi connectivity index (χ2v) is 6.86. The summed E-state index contributed by atoms with van der Waals surface area (Å²) in [4.78, 5) is 22.1. The first-order chi connectivity index (χ1) is 12.7. The largest absolute Gasteiger partial charge is 0.347 e. The molecule has 2 N–H and O–H groups in total. The average molecular weight is 351 g/mol. The van der Waals surface area contributed by atoms with Crippen LogP contribution >= 0.6 is 0 Å². The van der Waals surface area contributed by atoms with Crippen molar-refractivity contribution in [3.8, 4) is 6.07 Å². The van der Waals surface area contributed by atoms with E-state index in [2.05, 4.69) is 28.3 Å². The minimum Gasteiger partial charge on any atom is -0.347 e. The highest BCUT2D eigenvalue weighted by Crippen LogP contribution is 2.29. The minimum absolute atomic E-state index is 0.0187. The number of amides is 2. The zero-order chi connectivity index (χ0) is 18.4. The van der Waals surface area contributed by atoms with Crippen LogP contribution in [0.2, 0.25) is 0 Å². The first-order valence-electron chi connectivity index (χ1n) is 9.22. The number of imidazole rings is 1. The number of aromatic nitrogens is 2. The van der Waals surface area contributed by atoms with Crippen molar-refractivity contribution in [3.63, 3.8) is 0 Å². The summed E-state index contributed by atoms with van der Waals surface area (Å²) >= 11 is 0. The van der Waals surface area contributed by atoms with Gasteiger partial charge in [0.05, 0.1) is 35.4 Å². The van der Waals surface area contributed by atoms with Crippen molar-refractivity contribution < 1.29 is 4.79 Å². The molecule has 3 rings (SSSR count). The van der Waals surface area contributed by atoms with E-state index >= 15 is 0 Å². The van der Waals surface area contributed by atoms with Crippen LogP contribution in [0.1, 0.15) is 49.4 Å². The number of aromatic amines is 1. The van der Waals surface area contributed by atoms with Crippen LogP contribution in [-0.4, -0.2) is 34.0 Å². The summed E-state index contributed by atoms with van der Waals surface area (Å²) in [6.45, 7) is 3.69. The third-order valence-electron chi connectivity index (χ3n) is 5.20. The van der Waals surface area contributed by atoms with Crippen LogP contribution in [-0.2, 0) is 12.0 Å². The van der Waals surface area contributed by atoms with Gasteiger partial charge in [0.15, 0.2) is 0 Å². The van der Waals surface area contributed by atoms with E-state index in [1.54, 1.807) is 12.5 Å². The molecule has 1 fully saturated rings. The first kappa shape index (κ1) is 18.0. The molecule has 2 aromatic rings. The third-order valence-corrected chi connectivity index (χ3v) is 5.20. The Morgan fingerprint density at radius 3 is 2.62 bits per heavy atom. The number of piperidine rings is 1. The fourth-order valence-corrected chi connectivity index (χ4v) is 3.55. The second kappa shape index (κ2) is 8.05. The molecule has 0 bridgehead atoms. The van der Waals surface area contributed by atoms with E-state index in [1.165, 1.54) is 6.42 Å². The zero-order valence-corrected chi connectivity index (χ0v) is 15.2. The van der Waals surface area contributed by atoms with Crippen molar-refractivity contribution in [1.82, 2.24) is 20.2 Å². The normalized spacial score (nSPS) is 16.5. The van der Waals surface area contributed by atoms with Crippen molar-refractivity contribution in [3.05, 3.63) is 53.6 Å². The Kier molecular flexibility index (Phi) is 5.57. The highest BCUT2D eigenvalue weighted by molar-refractivity contribution is 5.75. The van der Waals surface area contributed by atoms with Crippen molar-refractivity contribution >= 4 is 6.03 Å². The van der Waals surface area contributed by atoms with Gasteiger partial charge in [0.2, 0.25) is 0 Å². The number of hydrogen-bond acceptors (Lipinski definition) is 3. The van der Waals surface area contributed by atoms with Crippen LogP contribution in [0.25, 0.3) is 0 Å². The zero-order valence-electron chi connectivity index (χ0n) is 15.2. The fraction of sp³-hybridized carbons (Fsp3) is 0.450. The van der Waals surface area contributed by atoms with E-state index in [0.29, 0.717) is 12.0 Å². The summed E-state index contributed by atoms with van der Waals surface area (Å²) < 4.78 is 0. The number of H-pyrrole nitrogens is 1. The maximum atomic E-state index is 12.9. The van der Waals surface area contributed by atoms with Crippen molar-refractivity contribution in [2.75, 3.05) is 13.1 Å². The molecule has 2 heterocycles. The van der Waals surface area contributed by atoms with Crippen molar-refractivity contribution in [2.24, 2.45) is 0 Å². The molecule has 26 heavy (non-hydrogen) atoms. The Hall–Kier alpha value is -2.81. The lowest BCUT2D eigenvalue weighted by Crippen LogP contribution is -2.53. The van der Waals surface area contributed by atoms with Crippen LogP contribution in [0.5, 0.6) is 0 Å². The third kappa shape index (κ3) is 3.88. The van der Waals surface area contributed by atoms with Gasteiger partial charge in [-0.25, -0.2) is 9.78 Å². The van der Waals surface area contributed by atoms with E-state index in [4.69, 9.17) is 5.26 Å². The number of hydrogen-bond donors (Lipinski definition) is 2. The molecule has 1 aliphatic heterocycles. The molecular formula is C20H25N5O. The Bertz CT molecular complexity index is 756. The van der Waals surface area contributed by atoms with E-state index in [0.717, 1.165) is 43.6 Å². The molecule has 1 atom stereocenters. The highest BCUT2D eigenvalue weighted by atomic mass is 16.2. The van der Waals surface area contributed by atoms with E-state index in [-0.39, 0.29) is 6.03 Å². The van der Waals surface area contributed by atoms with Gasteiger partial charge in [-0.3, -0.25) is 0 Å². The average Bonchev–Trinajstić information content (AvgIpc) is 3.24. The molecule has 0 saturated carbocycles. The number of rotatable bonds is 5. The van der Waals surface area contributed by atoms with E-state index in [9.17, 15) is 4.79 Å². The van der Waals surface area contributed by atoms with E-state index in [1.807, 2.05) is 29.2 Å². The lowest BCUT2D eigenvalue weighted by atomic mass is 9.85. The van der Waals surface area contributed by atoms with Gasteiger partial charge in [-0.15, -0.1) is 0 Å². The van der Waals surface area contributed by atoms with Gasteiger partial charge in [0, 0.05) is 19.5 Å². The smallest absolute Gasteiger partial charge is 0.318 e. The van der Waals surface area contributed by atoms with Crippen molar-refractivity contribution in [2.45, 2.75) is 44.6 Å². The predicted molar refractivity (Wildman–Crippen MR) is 99.4 cm³/mol. The Labute approximate surface area is 154 Å². The molecule has 1 aromatic carbocycles. The summed E-state index contributed by atoms with van der Waals surface area (Å²) in [5, 5.41) is 12.3. The van der Waals surface area contributed by atoms with Gasteiger partial charge in [0.1, 0.15) is 0 Å². The number of nitrogens with one attached hydrogen (secondary N) is 2. The summed E-state index contributed by atoms with van der Waals surface area (Å²) in [6, 6.07) is 9.65. The molecule has 0 radical (unpaired) electrons. The lowest BCUT2D eigenvalue weighted by molar-refractivity contribution is 0.169. The number of benzene rings is 1. The van der Waals surface area contributed by atoms with Gasteiger partial charge < -0.3 is 15.2 Å². The summed E-state index contributed by atoms with van der Waals surface area (Å²) in [6.07, 6.45) is 8.11. The molecule has 6 heteroatoms. The monoisotopic (exact) mass is 351 g/mol. The predicted octanol–water partition coefficient (Wildman–Crippen LogP) is 3.32. The van der Waals surface area contributed by atoms with Crippen LogP contribution < -0.4 is 5.32 Å². The van der Waals surface area contributed by atoms with Crippen LogP contribution in [0.15, 0.2) is 36.8 Å². The highest BCUT2D eigenvalue weighted by Gasteiger charge is 2.35. The van der Waals surface area contributed by atoms with Gasteiger partial charge >= 0.3 is 6.03 Å². The van der Waals surface area contributed by atoms with Crippen LogP contribution in [0, 0.1) is 11.3 Å². The SMILES string of the molecule is CC[C@@](Cc1ccc(C#N)cc1)(NC(=O)N1CCCCC1)c1cnc[nH]1. The van der Waals surface area contributed by atoms with Gasteiger partial charge in [-0.2, -0.15) is 5.26 Å². The summed E-state index contributed by atoms with van der Waals surface area (Å²) in [5.74, 6) is 0. The van der Waals surface area contributed by atoms with Crippen LogP contribution in [0.3, 0.4) is 0 Å².